The first kappa shape index (κ1) is 16.2. The summed E-state index contributed by atoms with van der Waals surface area (Å²) in [5.41, 5.74) is 1.11. The van der Waals surface area contributed by atoms with Crippen LogP contribution in [-0.4, -0.2) is 39.5 Å². The van der Waals surface area contributed by atoms with Crippen molar-refractivity contribution in [1.82, 2.24) is 19.9 Å². The highest BCUT2D eigenvalue weighted by Crippen LogP contribution is 2.30. The fourth-order valence-corrected chi connectivity index (χ4v) is 2.97. The molecule has 0 aromatic carbocycles. The van der Waals surface area contributed by atoms with E-state index < -0.39 is 0 Å². The summed E-state index contributed by atoms with van der Waals surface area (Å²) in [5.74, 6) is 0.435. The summed E-state index contributed by atoms with van der Waals surface area (Å²) in [4.78, 5) is 26.9. The summed E-state index contributed by atoms with van der Waals surface area (Å²) < 4.78 is 5.00. The number of hydrogen-bond donors (Lipinski definition) is 1. The molecule has 2 amide bonds. The number of ether oxygens (including phenoxy) is 1. The molecule has 1 N–H and O–H groups in total. The Morgan fingerprint density at radius 2 is 2.04 bits per heavy atom. The normalized spacial score (nSPS) is 17.9. The van der Waals surface area contributed by atoms with Crippen molar-refractivity contribution in [3.63, 3.8) is 0 Å². The standard InChI is InChI=1S/C17H21N5O2/c1-24-16-19-11-8-15(20-16)21-17(23)22-12-4-2-3-5-14(22)13-6-9-18-10-7-13/h6-11,14H,2-5,12H2,1H3,(H,19,20,21,23)/t14-/m0/s1. The van der Waals surface area contributed by atoms with Gasteiger partial charge in [-0.05, 0) is 36.6 Å². The van der Waals surface area contributed by atoms with Crippen molar-refractivity contribution in [2.24, 2.45) is 0 Å². The van der Waals surface area contributed by atoms with E-state index in [1.807, 2.05) is 17.0 Å². The lowest BCUT2D eigenvalue weighted by atomic mass is 10.0. The van der Waals surface area contributed by atoms with Crippen LogP contribution in [0.15, 0.2) is 36.8 Å². The molecule has 24 heavy (non-hydrogen) atoms. The first-order valence-electron chi connectivity index (χ1n) is 8.12. The van der Waals surface area contributed by atoms with E-state index in [1.54, 1.807) is 24.7 Å². The second-order valence-corrected chi connectivity index (χ2v) is 5.70. The smallest absolute Gasteiger partial charge is 0.323 e. The Labute approximate surface area is 141 Å². The van der Waals surface area contributed by atoms with Crippen LogP contribution in [0.2, 0.25) is 0 Å². The molecule has 126 valence electrons. The minimum Gasteiger partial charge on any atom is -0.467 e. The van der Waals surface area contributed by atoms with Crippen LogP contribution in [-0.2, 0) is 0 Å². The van der Waals surface area contributed by atoms with Crippen LogP contribution in [0.3, 0.4) is 0 Å². The van der Waals surface area contributed by atoms with E-state index in [9.17, 15) is 4.79 Å². The van der Waals surface area contributed by atoms with E-state index in [1.165, 1.54) is 7.11 Å². The molecule has 3 heterocycles. The van der Waals surface area contributed by atoms with Crippen LogP contribution in [0.25, 0.3) is 0 Å². The molecule has 0 aliphatic carbocycles. The average molecular weight is 327 g/mol. The van der Waals surface area contributed by atoms with Crippen molar-refractivity contribution in [3.8, 4) is 6.01 Å². The molecular formula is C17H21N5O2. The Balaban J connectivity index is 1.79. The van der Waals surface area contributed by atoms with Crippen LogP contribution in [0.5, 0.6) is 6.01 Å². The highest BCUT2D eigenvalue weighted by atomic mass is 16.5. The number of pyridine rings is 1. The molecule has 7 heteroatoms. The number of carbonyl (C=O) groups is 1. The Morgan fingerprint density at radius 3 is 2.83 bits per heavy atom. The fraction of sp³-hybridized carbons (Fsp3) is 0.412. The number of rotatable bonds is 3. The SMILES string of the molecule is COc1nccc(NC(=O)N2CCCCC[C@H]2c2ccncc2)n1. The molecule has 0 spiro atoms. The third-order valence-electron chi connectivity index (χ3n) is 4.16. The zero-order valence-corrected chi connectivity index (χ0v) is 13.7. The summed E-state index contributed by atoms with van der Waals surface area (Å²) in [6.45, 7) is 0.723. The van der Waals surface area contributed by atoms with Crippen molar-refractivity contribution in [3.05, 3.63) is 42.4 Å². The second-order valence-electron chi connectivity index (χ2n) is 5.70. The van der Waals surface area contributed by atoms with E-state index in [-0.39, 0.29) is 18.1 Å². The van der Waals surface area contributed by atoms with Crippen LogP contribution in [0.4, 0.5) is 10.6 Å². The molecule has 1 atom stereocenters. The molecular weight excluding hydrogens is 306 g/mol. The number of nitrogens with zero attached hydrogens (tertiary/aromatic N) is 4. The van der Waals surface area contributed by atoms with Gasteiger partial charge in [0.15, 0.2) is 0 Å². The summed E-state index contributed by atoms with van der Waals surface area (Å²) in [7, 11) is 1.50. The lowest BCUT2D eigenvalue weighted by molar-refractivity contribution is 0.189. The number of anilines is 1. The third kappa shape index (κ3) is 3.79. The molecule has 2 aromatic heterocycles. The Morgan fingerprint density at radius 1 is 1.21 bits per heavy atom. The maximum atomic E-state index is 12.8. The van der Waals surface area contributed by atoms with Crippen LogP contribution in [0.1, 0.15) is 37.3 Å². The highest BCUT2D eigenvalue weighted by molar-refractivity contribution is 5.88. The summed E-state index contributed by atoms with van der Waals surface area (Å²) in [6, 6.07) is 5.74. The molecule has 1 saturated heterocycles. The van der Waals surface area contributed by atoms with Crippen LogP contribution in [0, 0.1) is 0 Å². The van der Waals surface area contributed by atoms with Gasteiger partial charge in [-0.15, -0.1) is 0 Å². The number of amides is 2. The monoisotopic (exact) mass is 327 g/mol. The number of carbonyl (C=O) groups excluding carboxylic acids is 1. The van der Waals surface area contributed by atoms with Crippen molar-refractivity contribution in [1.29, 1.82) is 0 Å². The van der Waals surface area contributed by atoms with Gasteiger partial charge in [0.2, 0.25) is 0 Å². The largest absolute Gasteiger partial charge is 0.467 e. The Kier molecular flexibility index (Phi) is 5.20. The molecule has 0 bridgehead atoms. The first-order valence-corrected chi connectivity index (χ1v) is 8.12. The fourth-order valence-electron chi connectivity index (χ4n) is 2.97. The van der Waals surface area contributed by atoms with Gasteiger partial charge in [-0.3, -0.25) is 10.3 Å². The van der Waals surface area contributed by atoms with Gasteiger partial charge in [-0.1, -0.05) is 12.8 Å². The van der Waals surface area contributed by atoms with Crippen LogP contribution < -0.4 is 10.1 Å². The predicted octanol–water partition coefficient (Wildman–Crippen LogP) is 3.03. The van der Waals surface area contributed by atoms with Gasteiger partial charge in [0, 0.05) is 25.1 Å². The molecule has 7 nitrogen and oxygen atoms in total. The van der Waals surface area contributed by atoms with Crippen molar-refractivity contribution in [2.45, 2.75) is 31.7 Å². The number of nitrogens with one attached hydrogen (secondary N) is 1. The third-order valence-corrected chi connectivity index (χ3v) is 4.16. The number of methoxy groups -OCH3 is 1. The number of aromatic nitrogens is 3. The van der Waals surface area contributed by atoms with Crippen LogP contribution >= 0.6 is 0 Å². The molecule has 0 radical (unpaired) electrons. The molecule has 3 rings (SSSR count). The molecule has 1 aliphatic heterocycles. The lowest BCUT2D eigenvalue weighted by Crippen LogP contribution is -2.38. The van der Waals surface area contributed by atoms with Crippen molar-refractivity contribution < 1.29 is 9.53 Å². The zero-order valence-electron chi connectivity index (χ0n) is 13.7. The molecule has 0 unspecified atom stereocenters. The summed E-state index contributed by atoms with van der Waals surface area (Å²) in [6.07, 6.45) is 9.29. The molecule has 0 saturated carbocycles. The van der Waals surface area contributed by atoms with E-state index in [0.717, 1.165) is 37.8 Å². The minimum absolute atomic E-state index is 0.0548. The number of hydrogen-bond acceptors (Lipinski definition) is 5. The molecule has 1 fully saturated rings. The minimum atomic E-state index is -0.153. The Bertz CT molecular complexity index is 680. The van der Waals surface area contributed by atoms with E-state index >= 15 is 0 Å². The quantitative estimate of drug-likeness (QED) is 0.937. The molecule has 2 aromatic rings. The first-order chi connectivity index (χ1) is 11.8. The van der Waals surface area contributed by atoms with Gasteiger partial charge >= 0.3 is 12.0 Å². The topological polar surface area (TPSA) is 80.2 Å². The maximum absolute atomic E-state index is 12.8. The van der Waals surface area contributed by atoms with Gasteiger partial charge < -0.3 is 9.64 Å². The van der Waals surface area contributed by atoms with E-state index in [4.69, 9.17) is 4.74 Å². The van der Waals surface area contributed by atoms with Crippen molar-refractivity contribution in [2.75, 3.05) is 19.0 Å². The number of likely N-dealkylation sites (tertiary alicyclic amines) is 1. The van der Waals surface area contributed by atoms with Gasteiger partial charge in [0.1, 0.15) is 5.82 Å². The van der Waals surface area contributed by atoms with Gasteiger partial charge in [0.05, 0.1) is 13.2 Å². The van der Waals surface area contributed by atoms with E-state index in [0.29, 0.717) is 5.82 Å². The second kappa shape index (κ2) is 7.72. The average Bonchev–Trinajstić information content (AvgIpc) is 2.88. The van der Waals surface area contributed by atoms with Gasteiger partial charge in [-0.25, -0.2) is 9.78 Å². The lowest BCUT2D eigenvalue weighted by Gasteiger charge is -2.30. The molecule has 1 aliphatic rings. The highest BCUT2D eigenvalue weighted by Gasteiger charge is 2.27. The summed E-state index contributed by atoms with van der Waals surface area (Å²) >= 11 is 0. The van der Waals surface area contributed by atoms with Gasteiger partial charge in [0.25, 0.3) is 0 Å². The zero-order chi connectivity index (χ0) is 16.8. The number of urea groups is 1. The Hall–Kier alpha value is -2.70. The van der Waals surface area contributed by atoms with Gasteiger partial charge in [-0.2, -0.15) is 4.98 Å². The maximum Gasteiger partial charge on any atom is 0.323 e. The predicted molar refractivity (Wildman–Crippen MR) is 89.8 cm³/mol. The van der Waals surface area contributed by atoms with Crippen molar-refractivity contribution >= 4 is 11.8 Å². The van der Waals surface area contributed by atoms with E-state index in [2.05, 4.69) is 20.3 Å². The summed E-state index contributed by atoms with van der Waals surface area (Å²) in [5, 5.41) is 2.85.